The van der Waals surface area contributed by atoms with Crippen LogP contribution >= 0.6 is 23.4 Å². The van der Waals surface area contributed by atoms with Gasteiger partial charge in [0.2, 0.25) is 5.91 Å². The molecule has 1 aromatic carbocycles. The molecule has 0 fully saturated rings. The van der Waals surface area contributed by atoms with Crippen LogP contribution in [0.5, 0.6) is 0 Å². The van der Waals surface area contributed by atoms with Crippen LogP contribution in [0, 0.1) is 6.92 Å². The summed E-state index contributed by atoms with van der Waals surface area (Å²) in [4.78, 5) is 31.8. The van der Waals surface area contributed by atoms with Crippen molar-refractivity contribution in [3.8, 4) is 0 Å². The molecule has 0 saturated heterocycles. The third-order valence-corrected chi connectivity index (χ3v) is 3.96. The molecule has 0 bridgehead atoms. The maximum Gasteiger partial charge on any atom is 0.337 e. The van der Waals surface area contributed by atoms with Crippen LogP contribution < -0.4 is 5.32 Å². The Morgan fingerprint density at radius 3 is 2.83 bits per heavy atom. The van der Waals surface area contributed by atoms with E-state index in [9.17, 15) is 9.59 Å². The molecule has 0 aliphatic rings. The molecule has 0 saturated carbocycles. The van der Waals surface area contributed by atoms with Crippen molar-refractivity contribution in [1.82, 2.24) is 9.97 Å². The number of halogens is 1. The molecule has 0 spiro atoms. The van der Waals surface area contributed by atoms with Gasteiger partial charge in [-0.05, 0) is 31.2 Å². The molecule has 0 radical (unpaired) electrons. The molecule has 8 heteroatoms. The molecule has 6 nitrogen and oxygen atoms in total. The number of ether oxygens (including phenoxy) is 1. The van der Waals surface area contributed by atoms with E-state index in [0.717, 1.165) is 5.69 Å². The Bertz CT molecular complexity index is 740. The summed E-state index contributed by atoms with van der Waals surface area (Å²) in [5.74, 6) is -0.647. The number of carbonyl (C=O) groups excluding carboxylic acids is 2. The summed E-state index contributed by atoms with van der Waals surface area (Å²) in [7, 11) is 1.29. The number of rotatable bonds is 5. The molecule has 1 N–H and O–H groups in total. The summed E-state index contributed by atoms with van der Waals surface area (Å²) in [6.45, 7) is 1.85. The highest BCUT2D eigenvalue weighted by Gasteiger charge is 2.12. The Labute approximate surface area is 142 Å². The van der Waals surface area contributed by atoms with E-state index in [1.54, 1.807) is 12.3 Å². The Kier molecular flexibility index (Phi) is 5.95. The highest BCUT2D eigenvalue weighted by Crippen LogP contribution is 2.24. The second-order valence-corrected chi connectivity index (χ2v) is 5.85. The van der Waals surface area contributed by atoms with Gasteiger partial charge in [0, 0.05) is 11.9 Å². The van der Waals surface area contributed by atoms with Gasteiger partial charge in [0.15, 0.2) is 5.16 Å². The number of aryl methyl sites for hydroxylation is 1. The van der Waals surface area contributed by atoms with Gasteiger partial charge in [-0.25, -0.2) is 14.8 Å². The summed E-state index contributed by atoms with van der Waals surface area (Å²) in [5.41, 5.74) is 1.49. The second kappa shape index (κ2) is 7.94. The molecule has 23 heavy (non-hydrogen) atoms. The lowest BCUT2D eigenvalue weighted by atomic mass is 10.2. The predicted molar refractivity (Wildman–Crippen MR) is 88.9 cm³/mol. The zero-order chi connectivity index (χ0) is 16.8. The van der Waals surface area contributed by atoms with Crippen LogP contribution in [0.3, 0.4) is 0 Å². The average molecular weight is 352 g/mol. The van der Waals surface area contributed by atoms with E-state index in [1.807, 2.05) is 6.92 Å². The molecule has 2 aromatic rings. The first-order valence-electron chi connectivity index (χ1n) is 6.60. The third-order valence-electron chi connectivity index (χ3n) is 2.77. The number of nitrogens with one attached hydrogen (secondary N) is 1. The summed E-state index contributed by atoms with van der Waals surface area (Å²) >= 11 is 7.24. The number of hydrogen-bond donors (Lipinski definition) is 1. The zero-order valence-electron chi connectivity index (χ0n) is 12.5. The number of thioether (sulfide) groups is 1. The number of amides is 1. The fraction of sp³-hybridized carbons (Fsp3) is 0.200. The van der Waals surface area contributed by atoms with Crippen LogP contribution in [0.1, 0.15) is 16.1 Å². The van der Waals surface area contributed by atoms with E-state index in [4.69, 9.17) is 11.6 Å². The first-order chi connectivity index (χ1) is 11.0. The van der Waals surface area contributed by atoms with Crippen LogP contribution in [0.2, 0.25) is 5.02 Å². The van der Waals surface area contributed by atoms with Gasteiger partial charge in [-0.15, -0.1) is 0 Å². The summed E-state index contributed by atoms with van der Waals surface area (Å²) in [5, 5.41) is 3.52. The van der Waals surface area contributed by atoms with Crippen molar-refractivity contribution < 1.29 is 14.3 Å². The molecule has 1 aromatic heterocycles. The molecule has 0 unspecified atom stereocenters. The molecule has 0 aliphatic carbocycles. The summed E-state index contributed by atoms with van der Waals surface area (Å²) in [6, 6.07) is 6.31. The quantitative estimate of drug-likeness (QED) is 0.506. The molecular weight excluding hydrogens is 338 g/mol. The van der Waals surface area contributed by atoms with Gasteiger partial charge in [0.25, 0.3) is 0 Å². The number of carbonyl (C=O) groups is 2. The van der Waals surface area contributed by atoms with Gasteiger partial charge in [-0.1, -0.05) is 23.4 Å². The van der Waals surface area contributed by atoms with E-state index in [2.05, 4.69) is 20.0 Å². The van der Waals surface area contributed by atoms with E-state index in [-0.39, 0.29) is 11.7 Å². The number of hydrogen-bond acceptors (Lipinski definition) is 6. The van der Waals surface area contributed by atoms with Crippen molar-refractivity contribution in [2.45, 2.75) is 12.1 Å². The lowest BCUT2D eigenvalue weighted by Crippen LogP contribution is -2.15. The fourth-order valence-corrected chi connectivity index (χ4v) is 2.52. The van der Waals surface area contributed by atoms with E-state index < -0.39 is 5.97 Å². The molecule has 1 heterocycles. The number of esters is 1. The van der Waals surface area contributed by atoms with Gasteiger partial charge in [-0.3, -0.25) is 4.79 Å². The maximum atomic E-state index is 12.0. The minimum Gasteiger partial charge on any atom is -0.465 e. The van der Waals surface area contributed by atoms with Crippen molar-refractivity contribution in [1.29, 1.82) is 0 Å². The lowest BCUT2D eigenvalue weighted by molar-refractivity contribution is -0.113. The van der Waals surface area contributed by atoms with Crippen LogP contribution in [-0.4, -0.2) is 34.7 Å². The first-order valence-corrected chi connectivity index (χ1v) is 7.96. The van der Waals surface area contributed by atoms with Gasteiger partial charge >= 0.3 is 5.97 Å². The van der Waals surface area contributed by atoms with Gasteiger partial charge < -0.3 is 10.1 Å². The third kappa shape index (κ3) is 4.94. The van der Waals surface area contributed by atoms with E-state index in [1.165, 1.54) is 37.1 Å². The van der Waals surface area contributed by atoms with Crippen LogP contribution in [-0.2, 0) is 9.53 Å². The predicted octanol–water partition coefficient (Wildman–Crippen LogP) is 2.96. The minimum absolute atomic E-state index is 0.127. The second-order valence-electron chi connectivity index (χ2n) is 4.50. The molecule has 120 valence electrons. The van der Waals surface area contributed by atoms with Crippen molar-refractivity contribution >= 4 is 40.9 Å². The summed E-state index contributed by atoms with van der Waals surface area (Å²) < 4.78 is 4.64. The van der Waals surface area contributed by atoms with E-state index >= 15 is 0 Å². The molecular formula is C15H14ClN3O3S. The normalized spacial score (nSPS) is 10.2. The smallest absolute Gasteiger partial charge is 0.337 e. The Balaban J connectivity index is 2.01. The minimum atomic E-state index is -0.500. The molecule has 1 amide bonds. The van der Waals surface area contributed by atoms with Crippen molar-refractivity contribution in [2.24, 2.45) is 0 Å². The topological polar surface area (TPSA) is 81.2 Å². The number of nitrogens with zero attached hydrogens (tertiary/aromatic N) is 2. The number of anilines is 1. The SMILES string of the molecule is COC(=O)c1ccc(Cl)c(NC(=O)CSc2nccc(C)n2)c1. The van der Waals surface area contributed by atoms with Gasteiger partial charge in [-0.2, -0.15) is 0 Å². The van der Waals surface area contributed by atoms with E-state index in [0.29, 0.717) is 21.4 Å². The number of benzene rings is 1. The lowest BCUT2D eigenvalue weighted by Gasteiger charge is -2.08. The average Bonchev–Trinajstić information content (AvgIpc) is 2.54. The number of aromatic nitrogens is 2. The van der Waals surface area contributed by atoms with Gasteiger partial charge in [0.1, 0.15) is 0 Å². The highest BCUT2D eigenvalue weighted by molar-refractivity contribution is 7.99. The van der Waals surface area contributed by atoms with Crippen molar-refractivity contribution in [3.63, 3.8) is 0 Å². The maximum absolute atomic E-state index is 12.0. The van der Waals surface area contributed by atoms with Gasteiger partial charge in [0.05, 0.1) is 29.1 Å². The Morgan fingerprint density at radius 1 is 1.35 bits per heavy atom. The molecule has 0 atom stereocenters. The highest BCUT2D eigenvalue weighted by atomic mass is 35.5. The Hall–Kier alpha value is -2.12. The fourth-order valence-electron chi connectivity index (χ4n) is 1.68. The monoisotopic (exact) mass is 351 g/mol. The van der Waals surface area contributed by atoms with Crippen LogP contribution in [0.4, 0.5) is 5.69 Å². The molecule has 2 rings (SSSR count). The Morgan fingerprint density at radius 2 is 2.13 bits per heavy atom. The summed E-state index contributed by atoms with van der Waals surface area (Å²) in [6.07, 6.45) is 1.64. The van der Waals surface area contributed by atoms with Crippen LogP contribution in [0.25, 0.3) is 0 Å². The van der Waals surface area contributed by atoms with Crippen LogP contribution in [0.15, 0.2) is 35.6 Å². The standard InChI is InChI=1S/C15H14ClN3O3S/c1-9-5-6-17-15(18-9)23-8-13(20)19-12-7-10(14(21)22-2)3-4-11(12)16/h3-7H,8H2,1-2H3,(H,19,20). The van der Waals surface area contributed by atoms with Crippen molar-refractivity contribution in [3.05, 3.63) is 46.7 Å². The molecule has 0 aliphatic heterocycles. The number of methoxy groups -OCH3 is 1. The van der Waals surface area contributed by atoms with Crippen molar-refractivity contribution in [2.75, 3.05) is 18.2 Å². The largest absolute Gasteiger partial charge is 0.465 e. The first kappa shape index (κ1) is 17.2. The zero-order valence-corrected chi connectivity index (χ0v) is 14.1.